The van der Waals surface area contributed by atoms with Gasteiger partial charge in [0.15, 0.2) is 0 Å². The van der Waals surface area contributed by atoms with Crippen LogP contribution in [0.5, 0.6) is 0 Å². The second-order valence-corrected chi connectivity index (χ2v) is 5.07. The van der Waals surface area contributed by atoms with Crippen molar-refractivity contribution in [3.8, 4) is 0 Å². The van der Waals surface area contributed by atoms with Crippen LogP contribution < -0.4 is 5.32 Å². The van der Waals surface area contributed by atoms with Crippen LogP contribution in [0.1, 0.15) is 16.3 Å². The quantitative estimate of drug-likeness (QED) is 0.614. The van der Waals surface area contributed by atoms with E-state index in [-0.39, 0.29) is 5.82 Å². The van der Waals surface area contributed by atoms with Gasteiger partial charge in [-0.05, 0) is 25.1 Å². The summed E-state index contributed by atoms with van der Waals surface area (Å²) >= 11 is 0. The van der Waals surface area contributed by atoms with Crippen LogP contribution in [0.25, 0.3) is 16.7 Å². The van der Waals surface area contributed by atoms with Crippen LogP contribution in [0.3, 0.4) is 0 Å². The molecule has 0 saturated carbocycles. The first-order valence-corrected chi connectivity index (χ1v) is 7.06. The van der Waals surface area contributed by atoms with Crippen molar-refractivity contribution < 1.29 is 4.79 Å². The Kier molecular flexibility index (Phi) is 2.97. The largest absolute Gasteiger partial charge is 0.317 e. The number of aryl methyl sites for hydroxylation is 1. The minimum atomic E-state index is -0.395. The molecule has 0 aliphatic rings. The third kappa shape index (κ3) is 2.28. The molecule has 0 unspecified atom stereocenters. The highest BCUT2D eigenvalue weighted by Gasteiger charge is 2.15. The number of hydrogen-bond donors (Lipinski definition) is 1. The maximum atomic E-state index is 12.4. The van der Waals surface area contributed by atoms with E-state index >= 15 is 0 Å². The zero-order chi connectivity index (χ0) is 15.8. The monoisotopic (exact) mass is 304 g/mol. The molecule has 1 N–H and O–H groups in total. The van der Waals surface area contributed by atoms with Crippen LogP contribution in [0.4, 0.5) is 5.69 Å². The molecule has 7 heteroatoms. The lowest BCUT2D eigenvalue weighted by molar-refractivity contribution is 0.101. The van der Waals surface area contributed by atoms with Crippen molar-refractivity contribution in [1.82, 2.24) is 24.6 Å². The molecule has 0 radical (unpaired) electrons. The number of pyridine rings is 1. The molecule has 0 saturated heterocycles. The number of carbonyl (C=O) groups is 1. The van der Waals surface area contributed by atoms with E-state index < -0.39 is 5.91 Å². The molecular weight excluding hydrogens is 292 g/mol. The summed E-state index contributed by atoms with van der Waals surface area (Å²) in [4.78, 5) is 25.0. The van der Waals surface area contributed by atoms with Gasteiger partial charge in [-0.3, -0.25) is 9.78 Å². The van der Waals surface area contributed by atoms with Crippen LogP contribution in [-0.4, -0.2) is 30.5 Å². The third-order valence-corrected chi connectivity index (χ3v) is 3.51. The first kappa shape index (κ1) is 13.3. The van der Waals surface area contributed by atoms with Crippen molar-refractivity contribution in [3.63, 3.8) is 0 Å². The molecule has 3 aromatic heterocycles. The van der Waals surface area contributed by atoms with Crippen molar-refractivity contribution >= 4 is 28.3 Å². The smallest absolute Gasteiger partial charge is 0.295 e. The average molecular weight is 304 g/mol. The van der Waals surface area contributed by atoms with Gasteiger partial charge in [-0.25, -0.2) is 9.50 Å². The number of carbonyl (C=O) groups excluding carboxylic acids is 1. The maximum Gasteiger partial charge on any atom is 0.295 e. The van der Waals surface area contributed by atoms with Gasteiger partial charge in [0.2, 0.25) is 5.82 Å². The van der Waals surface area contributed by atoms with Gasteiger partial charge in [0.05, 0.1) is 11.2 Å². The summed E-state index contributed by atoms with van der Waals surface area (Å²) in [6, 6.07) is 11.2. The molecule has 4 aromatic rings. The van der Waals surface area contributed by atoms with Crippen LogP contribution in [0, 0.1) is 6.92 Å². The van der Waals surface area contributed by atoms with Crippen molar-refractivity contribution in [1.29, 1.82) is 0 Å². The van der Waals surface area contributed by atoms with E-state index in [1.54, 1.807) is 24.5 Å². The van der Waals surface area contributed by atoms with Crippen LogP contribution >= 0.6 is 0 Å². The number of para-hydroxylation sites is 1. The number of nitrogens with zero attached hydrogens (tertiary/aromatic N) is 5. The molecule has 0 spiro atoms. The highest BCUT2D eigenvalue weighted by Crippen LogP contribution is 2.21. The predicted molar refractivity (Wildman–Crippen MR) is 85.2 cm³/mol. The van der Waals surface area contributed by atoms with Crippen molar-refractivity contribution in [3.05, 3.63) is 60.3 Å². The summed E-state index contributed by atoms with van der Waals surface area (Å²) in [5.41, 5.74) is 2.20. The summed E-state index contributed by atoms with van der Waals surface area (Å²) in [6.45, 7) is 1.87. The van der Waals surface area contributed by atoms with E-state index in [0.717, 1.165) is 16.6 Å². The fourth-order valence-corrected chi connectivity index (χ4v) is 2.39. The van der Waals surface area contributed by atoms with Gasteiger partial charge < -0.3 is 5.32 Å². The Morgan fingerprint density at radius 2 is 1.96 bits per heavy atom. The highest BCUT2D eigenvalue weighted by molar-refractivity contribution is 6.06. The summed E-state index contributed by atoms with van der Waals surface area (Å²) in [6.07, 6.45) is 3.32. The van der Waals surface area contributed by atoms with Gasteiger partial charge in [-0.2, -0.15) is 4.98 Å². The molecular formula is C16H12N6O. The van der Waals surface area contributed by atoms with Gasteiger partial charge in [-0.1, -0.05) is 18.2 Å². The molecule has 4 rings (SSSR count). The molecule has 0 bridgehead atoms. The first-order valence-electron chi connectivity index (χ1n) is 7.06. The topological polar surface area (TPSA) is 85.1 Å². The Morgan fingerprint density at radius 1 is 1.09 bits per heavy atom. The lowest BCUT2D eigenvalue weighted by Gasteiger charge is -2.05. The lowest BCUT2D eigenvalue weighted by Crippen LogP contribution is -2.14. The number of benzene rings is 1. The fraction of sp³-hybridized carbons (Fsp3) is 0.0625. The Bertz CT molecular complexity index is 1030. The van der Waals surface area contributed by atoms with Gasteiger partial charge in [0.1, 0.15) is 0 Å². The zero-order valence-electron chi connectivity index (χ0n) is 12.3. The number of fused-ring (bicyclic) bond motifs is 2. The third-order valence-electron chi connectivity index (χ3n) is 3.51. The number of anilines is 1. The van der Waals surface area contributed by atoms with Crippen LogP contribution in [-0.2, 0) is 0 Å². The Hall–Kier alpha value is -3.35. The van der Waals surface area contributed by atoms with Crippen molar-refractivity contribution in [2.24, 2.45) is 0 Å². The van der Waals surface area contributed by atoms with Crippen LogP contribution in [0.15, 0.2) is 48.8 Å². The molecule has 7 nitrogen and oxygen atoms in total. The molecule has 1 aromatic carbocycles. The van der Waals surface area contributed by atoms with E-state index in [4.69, 9.17) is 0 Å². The first-order chi connectivity index (χ1) is 11.2. The minimum absolute atomic E-state index is 0.0692. The van der Waals surface area contributed by atoms with Crippen molar-refractivity contribution in [2.75, 3.05) is 5.32 Å². The molecule has 0 aliphatic carbocycles. The summed E-state index contributed by atoms with van der Waals surface area (Å²) in [5.74, 6) is 0.0685. The van der Waals surface area contributed by atoms with Gasteiger partial charge in [0.25, 0.3) is 11.7 Å². The Labute approximate surface area is 131 Å². The number of nitrogens with one attached hydrogen (secondary N) is 1. The minimum Gasteiger partial charge on any atom is -0.317 e. The normalized spacial score (nSPS) is 11.0. The summed E-state index contributed by atoms with van der Waals surface area (Å²) < 4.78 is 1.54. The molecule has 112 valence electrons. The molecule has 0 aliphatic heterocycles. The van der Waals surface area contributed by atoms with E-state index in [9.17, 15) is 4.79 Å². The highest BCUT2D eigenvalue weighted by atomic mass is 16.2. The molecule has 0 atom stereocenters. The van der Waals surface area contributed by atoms with E-state index in [1.165, 1.54) is 4.52 Å². The summed E-state index contributed by atoms with van der Waals surface area (Å²) in [7, 11) is 0. The molecule has 0 fully saturated rings. The number of aromatic nitrogens is 5. The fourth-order valence-electron chi connectivity index (χ4n) is 2.39. The SMILES string of the molecule is Cc1ccnc2nc(C(=O)Nc3cccc4cccnc34)nn12. The Morgan fingerprint density at radius 3 is 2.83 bits per heavy atom. The van der Waals surface area contributed by atoms with Gasteiger partial charge >= 0.3 is 0 Å². The second kappa shape index (κ2) is 5.13. The van der Waals surface area contributed by atoms with Crippen LogP contribution in [0.2, 0.25) is 0 Å². The lowest BCUT2D eigenvalue weighted by atomic mass is 10.2. The zero-order valence-corrected chi connectivity index (χ0v) is 12.3. The number of rotatable bonds is 2. The maximum absolute atomic E-state index is 12.4. The molecule has 3 heterocycles. The second-order valence-electron chi connectivity index (χ2n) is 5.07. The Balaban J connectivity index is 1.72. The molecule has 1 amide bonds. The van der Waals surface area contributed by atoms with Crippen molar-refractivity contribution in [2.45, 2.75) is 6.92 Å². The van der Waals surface area contributed by atoms with E-state index in [0.29, 0.717) is 11.5 Å². The number of amides is 1. The number of hydrogen-bond acceptors (Lipinski definition) is 5. The predicted octanol–water partition coefficient (Wildman–Crippen LogP) is 2.23. The molecule has 23 heavy (non-hydrogen) atoms. The average Bonchev–Trinajstić information content (AvgIpc) is 3.01. The van der Waals surface area contributed by atoms with E-state index in [2.05, 4.69) is 25.4 Å². The standard InChI is InChI=1S/C16H12N6O/c1-10-7-9-18-16-20-14(21-22(10)16)15(23)19-12-6-2-4-11-5-3-8-17-13(11)12/h2-9H,1H3,(H,19,23). The van der Waals surface area contributed by atoms with E-state index in [1.807, 2.05) is 31.2 Å². The van der Waals surface area contributed by atoms with Gasteiger partial charge in [0, 0.05) is 23.5 Å². The van der Waals surface area contributed by atoms with Gasteiger partial charge in [-0.15, -0.1) is 5.10 Å². The summed E-state index contributed by atoms with van der Waals surface area (Å²) in [5, 5.41) is 7.96.